The highest BCUT2D eigenvalue weighted by Crippen LogP contribution is 2.33. The van der Waals surface area contributed by atoms with Gasteiger partial charge in [-0.25, -0.2) is 0 Å². The average Bonchev–Trinajstić information content (AvgIpc) is 3.53. The highest BCUT2D eigenvalue weighted by atomic mass is 16.3. The number of hydrogen-bond acceptors (Lipinski definition) is 5. The average molecular weight is 619 g/mol. The highest BCUT2D eigenvalue weighted by Gasteiger charge is 2.41. The van der Waals surface area contributed by atoms with Crippen LogP contribution in [0.4, 0.5) is 0 Å². The van der Waals surface area contributed by atoms with Gasteiger partial charge in [0.15, 0.2) is 0 Å². The van der Waals surface area contributed by atoms with Crippen molar-refractivity contribution < 1.29 is 24.9 Å². The summed E-state index contributed by atoms with van der Waals surface area (Å²) in [6.07, 6.45) is 1.33. The Labute approximate surface area is 270 Å². The number of likely N-dealkylation sites (tertiary alicyclic amines) is 1. The van der Waals surface area contributed by atoms with E-state index in [0.717, 1.165) is 27.8 Å². The molecule has 1 saturated heterocycles. The van der Waals surface area contributed by atoms with E-state index >= 15 is 0 Å². The van der Waals surface area contributed by atoms with Crippen LogP contribution >= 0.6 is 0 Å². The number of phenolic OH excluding ortho intramolecular Hbond substituents is 1. The fourth-order valence-corrected chi connectivity index (χ4v) is 7.21. The molecule has 2 aliphatic rings. The number of hydrogen-bond donors (Lipinski definition) is 4. The number of nitrogens with zero attached hydrogens (tertiary/aromatic N) is 1. The molecule has 6 atom stereocenters. The molecule has 7 nitrogen and oxygen atoms in total. The Morgan fingerprint density at radius 3 is 2.17 bits per heavy atom. The Balaban J connectivity index is 1.19. The Morgan fingerprint density at radius 1 is 0.826 bits per heavy atom. The maximum Gasteiger partial charge on any atom is 0.226 e. The Morgan fingerprint density at radius 2 is 1.46 bits per heavy atom. The van der Waals surface area contributed by atoms with E-state index in [0.29, 0.717) is 32.1 Å². The lowest BCUT2D eigenvalue weighted by Gasteiger charge is -2.29. The first-order chi connectivity index (χ1) is 22.3. The third-order valence-corrected chi connectivity index (χ3v) is 9.52. The molecule has 1 aliphatic heterocycles. The number of aliphatic hydroxyl groups is 2. The van der Waals surface area contributed by atoms with Crippen molar-refractivity contribution in [3.05, 3.63) is 137 Å². The van der Waals surface area contributed by atoms with E-state index in [1.165, 1.54) is 0 Å². The minimum absolute atomic E-state index is 0.0152. The molecule has 1 aliphatic carbocycles. The first kappa shape index (κ1) is 31.5. The quantitative estimate of drug-likeness (QED) is 0.183. The van der Waals surface area contributed by atoms with Gasteiger partial charge in [0.2, 0.25) is 11.8 Å². The molecule has 1 fully saturated rings. The van der Waals surface area contributed by atoms with Crippen molar-refractivity contribution in [2.24, 2.45) is 11.8 Å². The standard InChI is InChI=1S/C39H42N2O5/c42-33-17-15-28(16-18-33)21-32-22-31(20-27-11-5-2-6-12-27)39(46)41(32)25-34(43)23-30(19-26-9-3-1-4-10-26)38(45)40-37-35-14-8-7-13-29(35)24-36(37)44/h1-18,30-32,34,36-37,42-44H,19-25H2,(H,40,45)/t30-,31-,32-,34-,36+,37-/m0/s1. The minimum atomic E-state index is -0.929. The molecule has 0 saturated carbocycles. The minimum Gasteiger partial charge on any atom is -0.508 e. The lowest BCUT2D eigenvalue weighted by atomic mass is 9.91. The number of fused-ring (bicyclic) bond motifs is 1. The van der Waals surface area contributed by atoms with E-state index in [1.54, 1.807) is 17.0 Å². The summed E-state index contributed by atoms with van der Waals surface area (Å²) < 4.78 is 0. The first-order valence-corrected chi connectivity index (χ1v) is 16.2. The summed E-state index contributed by atoms with van der Waals surface area (Å²) >= 11 is 0. The normalized spacial score (nSPS) is 22.0. The van der Waals surface area contributed by atoms with Gasteiger partial charge < -0.3 is 25.5 Å². The molecular formula is C39H42N2O5. The zero-order chi connectivity index (χ0) is 32.0. The summed E-state index contributed by atoms with van der Waals surface area (Å²) in [6, 6.07) is 33.9. The smallest absolute Gasteiger partial charge is 0.226 e. The van der Waals surface area contributed by atoms with Gasteiger partial charge in [0.25, 0.3) is 0 Å². The number of β-amino-alcohol motifs (C(OH)–C–C–N with tert-alkyl or cyclic N) is 1. The second-order valence-corrected chi connectivity index (χ2v) is 12.9. The van der Waals surface area contributed by atoms with Gasteiger partial charge in [0.1, 0.15) is 5.75 Å². The van der Waals surface area contributed by atoms with Gasteiger partial charge in [-0.2, -0.15) is 0 Å². The van der Waals surface area contributed by atoms with Gasteiger partial charge in [0.05, 0.1) is 18.2 Å². The summed E-state index contributed by atoms with van der Waals surface area (Å²) in [4.78, 5) is 29.5. The zero-order valence-electron chi connectivity index (χ0n) is 25.9. The van der Waals surface area contributed by atoms with Crippen LogP contribution in [0, 0.1) is 11.8 Å². The van der Waals surface area contributed by atoms with Crippen molar-refractivity contribution in [1.82, 2.24) is 10.2 Å². The molecule has 238 valence electrons. The van der Waals surface area contributed by atoms with Crippen LogP contribution in [0.25, 0.3) is 0 Å². The van der Waals surface area contributed by atoms with E-state index in [4.69, 9.17) is 0 Å². The summed E-state index contributed by atoms with van der Waals surface area (Å²) in [7, 11) is 0. The fourth-order valence-electron chi connectivity index (χ4n) is 7.21. The summed E-state index contributed by atoms with van der Waals surface area (Å²) in [6.45, 7) is 0.125. The molecule has 0 bridgehead atoms. The molecule has 4 aromatic carbocycles. The van der Waals surface area contributed by atoms with Crippen LogP contribution in [0.2, 0.25) is 0 Å². The predicted octanol–water partition coefficient (Wildman–Crippen LogP) is 4.78. The second-order valence-electron chi connectivity index (χ2n) is 12.9. The van der Waals surface area contributed by atoms with E-state index in [-0.39, 0.29) is 42.5 Å². The summed E-state index contributed by atoms with van der Waals surface area (Å²) in [5.74, 6) is -0.785. The molecular weight excluding hydrogens is 576 g/mol. The lowest BCUT2D eigenvalue weighted by molar-refractivity contribution is -0.133. The van der Waals surface area contributed by atoms with Gasteiger partial charge in [-0.05, 0) is 72.1 Å². The number of carbonyl (C=O) groups excluding carboxylic acids is 2. The van der Waals surface area contributed by atoms with Crippen molar-refractivity contribution in [3.8, 4) is 5.75 Å². The molecule has 0 spiro atoms. The molecule has 46 heavy (non-hydrogen) atoms. The van der Waals surface area contributed by atoms with Crippen LogP contribution in [-0.4, -0.2) is 56.8 Å². The van der Waals surface area contributed by atoms with Crippen LogP contribution in [0.1, 0.15) is 46.7 Å². The lowest BCUT2D eigenvalue weighted by Crippen LogP contribution is -2.43. The van der Waals surface area contributed by atoms with Crippen LogP contribution in [-0.2, 0) is 35.3 Å². The van der Waals surface area contributed by atoms with Gasteiger partial charge in [-0.15, -0.1) is 0 Å². The molecule has 0 aromatic heterocycles. The topological polar surface area (TPSA) is 110 Å². The Bertz CT molecular complexity index is 1610. The summed E-state index contributed by atoms with van der Waals surface area (Å²) in [5, 5.41) is 35.2. The zero-order valence-corrected chi connectivity index (χ0v) is 25.9. The number of nitrogens with one attached hydrogen (secondary N) is 1. The number of benzene rings is 4. The second kappa shape index (κ2) is 14.3. The molecule has 4 aromatic rings. The monoisotopic (exact) mass is 618 g/mol. The van der Waals surface area contributed by atoms with Crippen molar-refractivity contribution in [2.75, 3.05) is 6.54 Å². The van der Waals surface area contributed by atoms with Crippen molar-refractivity contribution >= 4 is 11.8 Å². The third kappa shape index (κ3) is 7.49. The maximum absolute atomic E-state index is 13.9. The van der Waals surface area contributed by atoms with Gasteiger partial charge in [0, 0.05) is 30.8 Å². The molecule has 1 heterocycles. The first-order valence-electron chi connectivity index (χ1n) is 16.2. The van der Waals surface area contributed by atoms with Gasteiger partial charge in [-0.3, -0.25) is 9.59 Å². The van der Waals surface area contributed by atoms with Crippen LogP contribution in [0.15, 0.2) is 109 Å². The number of phenols is 1. The molecule has 0 radical (unpaired) electrons. The van der Waals surface area contributed by atoms with E-state index in [2.05, 4.69) is 5.32 Å². The Hall–Kier alpha value is -4.46. The third-order valence-electron chi connectivity index (χ3n) is 9.52. The number of aliphatic hydroxyl groups excluding tert-OH is 2. The molecule has 7 heteroatoms. The largest absolute Gasteiger partial charge is 0.508 e. The van der Waals surface area contributed by atoms with E-state index in [9.17, 15) is 24.9 Å². The van der Waals surface area contributed by atoms with E-state index in [1.807, 2.05) is 97.1 Å². The van der Waals surface area contributed by atoms with Crippen LogP contribution in [0.3, 0.4) is 0 Å². The number of carbonyl (C=O) groups is 2. The van der Waals surface area contributed by atoms with Crippen molar-refractivity contribution in [2.45, 2.75) is 62.8 Å². The number of amides is 2. The van der Waals surface area contributed by atoms with Crippen LogP contribution in [0.5, 0.6) is 5.75 Å². The van der Waals surface area contributed by atoms with Gasteiger partial charge in [-0.1, -0.05) is 97.1 Å². The summed E-state index contributed by atoms with van der Waals surface area (Å²) in [5.41, 5.74) is 5.03. The molecule has 2 amide bonds. The van der Waals surface area contributed by atoms with Crippen molar-refractivity contribution in [1.29, 1.82) is 0 Å². The molecule has 4 N–H and O–H groups in total. The van der Waals surface area contributed by atoms with Crippen LogP contribution < -0.4 is 5.32 Å². The maximum atomic E-state index is 13.9. The highest BCUT2D eigenvalue weighted by molar-refractivity contribution is 5.82. The number of aromatic hydroxyl groups is 1. The SMILES string of the molecule is O=C(N[C@H]1c2ccccc2C[C@H]1O)[C@@H](Cc1ccccc1)C[C@H](O)CN1C(=O)[C@@H](Cc2ccccc2)C[C@@H]1Cc1ccc(O)cc1. The number of rotatable bonds is 12. The molecule has 0 unspecified atom stereocenters. The predicted molar refractivity (Wildman–Crippen MR) is 177 cm³/mol. The fraction of sp³-hybridized carbons (Fsp3) is 0.333. The molecule has 6 rings (SSSR count). The van der Waals surface area contributed by atoms with E-state index < -0.39 is 24.2 Å². The van der Waals surface area contributed by atoms with Crippen molar-refractivity contribution in [3.63, 3.8) is 0 Å². The van der Waals surface area contributed by atoms with Gasteiger partial charge >= 0.3 is 0 Å². The Kier molecular flexibility index (Phi) is 9.81.